The lowest BCUT2D eigenvalue weighted by Crippen LogP contribution is -2.12. The first-order valence-corrected chi connectivity index (χ1v) is 11.0. The molecule has 0 aliphatic carbocycles. The Hall–Kier alpha value is 0.500. The first kappa shape index (κ1) is 20.5. The van der Waals surface area contributed by atoms with Crippen LogP contribution in [-0.2, 0) is 13.6 Å². The van der Waals surface area contributed by atoms with Crippen LogP contribution in [0.5, 0.6) is 0 Å². The minimum absolute atomic E-state index is 0.0130. The summed E-state index contributed by atoms with van der Waals surface area (Å²) in [6.07, 6.45) is 5.98. The lowest BCUT2D eigenvalue weighted by molar-refractivity contribution is 0.131. The van der Waals surface area contributed by atoms with Crippen molar-refractivity contribution in [3.05, 3.63) is 0 Å². The first-order valence-electron chi connectivity index (χ1n) is 8.02. The van der Waals surface area contributed by atoms with Gasteiger partial charge < -0.3 is 0 Å². The molecule has 0 fully saturated rings. The fourth-order valence-electron chi connectivity index (χ4n) is 2.11. The summed E-state index contributed by atoms with van der Waals surface area (Å²) in [5, 5.41) is 0.300. The molecule has 3 unspecified atom stereocenters. The van der Waals surface area contributed by atoms with Crippen LogP contribution < -0.4 is 0 Å². The minimum Gasteiger partial charge on any atom is -0.298 e. The van der Waals surface area contributed by atoms with Gasteiger partial charge in [-0.3, -0.25) is 9.05 Å². The van der Waals surface area contributed by atoms with Crippen LogP contribution in [0.25, 0.3) is 0 Å². The maximum Gasteiger partial charge on any atom is 0.389 e. The topological polar surface area (TPSA) is 35.5 Å². The highest BCUT2D eigenvalue weighted by atomic mass is 32.7. The van der Waals surface area contributed by atoms with E-state index >= 15 is 0 Å². The van der Waals surface area contributed by atoms with Gasteiger partial charge >= 0.3 is 6.80 Å². The maximum atomic E-state index is 13.0. The molecular formula is C15H33O3PS. The van der Waals surface area contributed by atoms with E-state index < -0.39 is 6.80 Å². The van der Waals surface area contributed by atoms with E-state index in [4.69, 9.17) is 9.05 Å². The number of rotatable bonds is 12. The van der Waals surface area contributed by atoms with Crippen molar-refractivity contribution in [2.24, 2.45) is 0 Å². The lowest BCUT2D eigenvalue weighted by Gasteiger charge is -2.26. The highest BCUT2D eigenvalue weighted by Crippen LogP contribution is 2.64. The van der Waals surface area contributed by atoms with Gasteiger partial charge in [0.25, 0.3) is 0 Å². The van der Waals surface area contributed by atoms with Gasteiger partial charge in [-0.2, -0.15) is 0 Å². The lowest BCUT2D eigenvalue weighted by atomic mass is 10.2. The summed E-state index contributed by atoms with van der Waals surface area (Å²) in [5.41, 5.74) is 0. The quantitative estimate of drug-likeness (QED) is 0.388. The molecule has 0 aliphatic heterocycles. The molecule has 0 aromatic heterocycles. The standard InChI is InChI=1S/C15H33O3PS/c1-7-10-13(4)17-19(16,18-14(5)11-8-2)20-15(6)12-9-3/h13-15H,7-12H2,1-6H3. The number of hydrogen-bond donors (Lipinski definition) is 0. The first-order chi connectivity index (χ1) is 9.36. The molecule has 0 radical (unpaired) electrons. The van der Waals surface area contributed by atoms with Crippen molar-refractivity contribution < 1.29 is 13.6 Å². The second kappa shape index (κ2) is 11.1. The Morgan fingerprint density at radius 2 is 1.25 bits per heavy atom. The second-order valence-corrected chi connectivity index (χ2v) is 9.87. The molecule has 0 spiro atoms. The predicted octanol–water partition coefficient (Wildman–Crippen LogP) is 6.43. The van der Waals surface area contributed by atoms with Crippen molar-refractivity contribution in [3.63, 3.8) is 0 Å². The van der Waals surface area contributed by atoms with Gasteiger partial charge in [0.1, 0.15) is 0 Å². The molecule has 3 nitrogen and oxygen atoms in total. The summed E-state index contributed by atoms with van der Waals surface area (Å²) >= 11 is 1.39. The van der Waals surface area contributed by atoms with E-state index in [9.17, 15) is 4.57 Å². The zero-order chi connectivity index (χ0) is 15.6. The molecule has 0 bridgehead atoms. The van der Waals surface area contributed by atoms with Gasteiger partial charge in [-0.05, 0) is 44.5 Å². The monoisotopic (exact) mass is 324 g/mol. The maximum absolute atomic E-state index is 13.0. The van der Waals surface area contributed by atoms with Crippen LogP contribution in [0, 0.1) is 0 Å². The minimum atomic E-state index is -3.06. The third-order valence-corrected chi connectivity index (χ3v) is 7.47. The molecule has 122 valence electrons. The van der Waals surface area contributed by atoms with Crippen LogP contribution in [0.3, 0.4) is 0 Å². The second-order valence-electron chi connectivity index (χ2n) is 5.56. The Labute approximate surface area is 129 Å². The van der Waals surface area contributed by atoms with E-state index in [1.807, 2.05) is 13.8 Å². The Bertz CT molecular complexity index is 243. The summed E-state index contributed by atoms with van der Waals surface area (Å²) < 4.78 is 24.6. The fourth-order valence-corrected chi connectivity index (χ4v) is 6.95. The molecule has 0 aliphatic rings. The molecule has 0 heterocycles. The van der Waals surface area contributed by atoms with Crippen molar-refractivity contribution in [1.29, 1.82) is 0 Å². The Kier molecular flexibility index (Phi) is 11.4. The largest absolute Gasteiger partial charge is 0.389 e. The van der Waals surface area contributed by atoms with Crippen LogP contribution in [0.15, 0.2) is 0 Å². The fraction of sp³-hybridized carbons (Fsp3) is 1.00. The summed E-state index contributed by atoms with van der Waals surface area (Å²) in [6, 6.07) is 0. The smallest absolute Gasteiger partial charge is 0.298 e. The van der Waals surface area contributed by atoms with Gasteiger partial charge in [0.15, 0.2) is 0 Å². The summed E-state index contributed by atoms with van der Waals surface area (Å²) in [4.78, 5) is 0. The van der Waals surface area contributed by atoms with Crippen LogP contribution in [0.2, 0.25) is 0 Å². The molecule has 0 saturated heterocycles. The molecule has 0 amide bonds. The van der Waals surface area contributed by atoms with Gasteiger partial charge in [0.05, 0.1) is 12.2 Å². The molecule has 3 atom stereocenters. The summed E-state index contributed by atoms with van der Waals surface area (Å²) in [7, 11) is 0. The van der Waals surface area contributed by atoms with Gasteiger partial charge in [0.2, 0.25) is 0 Å². The SMILES string of the molecule is CCCC(C)OP(=O)(OC(C)CCC)SC(C)CCC. The third kappa shape index (κ3) is 9.44. The van der Waals surface area contributed by atoms with Crippen LogP contribution >= 0.6 is 18.2 Å². The van der Waals surface area contributed by atoms with Crippen LogP contribution in [0.1, 0.15) is 80.1 Å². The average Bonchev–Trinajstić information content (AvgIpc) is 2.28. The molecule has 0 rings (SSSR count). The molecule has 0 aromatic rings. The molecule has 20 heavy (non-hydrogen) atoms. The highest BCUT2D eigenvalue weighted by Gasteiger charge is 2.32. The van der Waals surface area contributed by atoms with E-state index in [1.54, 1.807) is 0 Å². The van der Waals surface area contributed by atoms with E-state index in [0.29, 0.717) is 5.25 Å². The van der Waals surface area contributed by atoms with Crippen molar-refractivity contribution in [1.82, 2.24) is 0 Å². The molecular weight excluding hydrogens is 291 g/mol. The zero-order valence-electron chi connectivity index (χ0n) is 14.1. The van der Waals surface area contributed by atoms with Gasteiger partial charge in [0, 0.05) is 5.25 Å². The average molecular weight is 324 g/mol. The Morgan fingerprint density at radius 1 is 0.850 bits per heavy atom. The summed E-state index contributed by atoms with van der Waals surface area (Å²) in [6.45, 7) is 9.36. The van der Waals surface area contributed by atoms with Crippen molar-refractivity contribution in [2.75, 3.05) is 0 Å². The summed E-state index contributed by atoms with van der Waals surface area (Å²) in [5.74, 6) is 0. The van der Waals surface area contributed by atoms with E-state index in [-0.39, 0.29) is 12.2 Å². The molecule has 0 aromatic carbocycles. The Balaban J connectivity index is 4.69. The molecule has 0 N–H and O–H groups in total. The predicted molar refractivity (Wildman–Crippen MR) is 90.5 cm³/mol. The van der Waals surface area contributed by atoms with Crippen molar-refractivity contribution in [2.45, 2.75) is 97.5 Å². The zero-order valence-corrected chi connectivity index (χ0v) is 15.8. The van der Waals surface area contributed by atoms with Crippen LogP contribution in [0.4, 0.5) is 0 Å². The third-order valence-electron chi connectivity index (χ3n) is 3.01. The van der Waals surface area contributed by atoms with Crippen molar-refractivity contribution in [3.8, 4) is 0 Å². The van der Waals surface area contributed by atoms with Gasteiger partial charge in [-0.25, -0.2) is 4.57 Å². The van der Waals surface area contributed by atoms with E-state index in [0.717, 1.165) is 38.5 Å². The van der Waals surface area contributed by atoms with Crippen LogP contribution in [-0.4, -0.2) is 17.5 Å². The van der Waals surface area contributed by atoms with Gasteiger partial charge in [-0.1, -0.05) is 47.0 Å². The highest BCUT2D eigenvalue weighted by molar-refractivity contribution is 8.55. The molecule has 5 heteroatoms. The van der Waals surface area contributed by atoms with E-state index in [1.165, 1.54) is 11.4 Å². The van der Waals surface area contributed by atoms with Gasteiger partial charge in [-0.15, -0.1) is 0 Å². The normalized spacial score (nSPS) is 19.3. The Morgan fingerprint density at radius 3 is 1.60 bits per heavy atom. The molecule has 0 saturated carbocycles. The van der Waals surface area contributed by atoms with E-state index in [2.05, 4.69) is 27.7 Å². The van der Waals surface area contributed by atoms with Crippen molar-refractivity contribution >= 4 is 18.2 Å². The number of hydrogen-bond acceptors (Lipinski definition) is 4.